The minimum atomic E-state index is -4.39. The predicted molar refractivity (Wildman–Crippen MR) is 128 cm³/mol. The first-order valence-electron chi connectivity index (χ1n) is 11.6. The number of carboxylic acids is 1. The van der Waals surface area contributed by atoms with Crippen molar-refractivity contribution < 1.29 is 27.5 Å². The number of nitrogens with one attached hydrogen (secondary N) is 1. The second kappa shape index (κ2) is 9.05. The monoisotopic (exact) mass is 497 g/mol. The number of benzene rings is 3. The van der Waals surface area contributed by atoms with Gasteiger partial charge >= 0.3 is 12.1 Å². The number of fused-ring (bicyclic) bond motifs is 1. The van der Waals surface area contributed by atoms with Gasteiger partial charge in [-0.3, -0.25) is 4.90 Å². The number of piperidine rings is 1. The molecule has 0 bridgehead atoms. The van der Waals surface area contributed by atoms with Crippen molar-refractivity contribution >= 4 is 23.1 Å². The molecule has 36 heavy (non-hydrogen) atoms. The van der Waals surface area contributed by atoms with E-state index in [-0.39, 0.29) is 11.6 Å². The average Bonchev–Trinajstić information content (AvgIpc) is 2.88. The van der Waals surface area contributed by atoms with Gasteiger partial charge in [0.1, 0.15) is 11.5 Å². The molecule has 0 aliphatic carbocycles. The lowest BCUT2D eigenvalue weighted by Gasteiger charge is -2.47. The topological polar surface area (TPSA) is 64.9 Å². The maximum Gasteiger partial charge on any atom is 0.416 e. The molecule has 186 valence electrons. The smallest absolute Gasteiger partial charge is 0.416 e. The zero-order chi connectivity index (χ0) is 25.5. The van der Waals surface area contributed by atoms with Crippen LogP contribution in [0, 0.1) is 5.82 Å². The molecule has 3 aromatic rings. The van der Waals surface area contributed by atoms with Crippen LogP contribution in [0.4, 0.5) is 28.9 Å². The van der Waals surface area contributed by atoms with Crippen LogP contribution in [-0.4, -0.2) is 40.4 Å². The summed E-state index contributed by atoms with van der Waals surface area (Å²) in [5, 5.41) is 13.8. The van der Waals surface area contributed by atoms with Crippen LogP contribution in [0.3, 0.4) is 0 Å². The van der Waals surface area contributed by atoms with Gasteiger partial charge in [0.05, 0.1) is 16.9 Å². The van der Waals surface area contributed by atoms with Gasteiger partial charge < -0.3 is 10.4 Å². The SMILES string of the molecule is O=C(O)C1(N2CCC(c3ccc(C(F)(F)F)cc3)CC2)Nc2ccccc2N=C1c1ccc(F)cc1. The Balaban J connectivity index is 1.47. The lowest BCUT2D eigenvalue weighted by molar-refractivity contribution is -0.146. The molecule has 9 heteroatoms. The molecule has 0 aromatic heterocycles. The molecule has 0 amide bonds. The molecule has 1 fully saturated rings. The molecule has 1 saturated heterocycles. The summed E-state index contributed by atoms with van der Waals surface area (Å²) < 4.78 is 52.5. The molecule has 3 aromatic carbocycles. The Kier molecular flexibility index (Phi) is 6.04. The molecular formula is C27H23F4N3O2. The predicted octanol–water partition coefficient (Wildman–Crippen LogP) is 6.05. The first-order valence-corrected chi connectivity index (χ1v) is 11.6. The molecule has 0 saturated carbocycles. The van der Waals surface area contributed by atoms with Crippen LogP contribution in [0.25, 0.3) is 0 Å². The fourth-order valence-electron chi connectivity index (χ4n) is 5.02. The van der Waals surface area contributed by atoms with Crippen molar-refractivity contribution in [2.75, 3.05) is 18.4 Å². The van der Waals surface area contributed by atoms with Gasteiger partial charge in [0, 0.05) is 18.7 Å². The lowest BCUT2D eigenvalue weighted by atomic mass is 9.85. The van der Waals surface area contributed by atoms with Crippen LogP contribution in [0.15, 0.2) is 77.8 Å². The first-order chi connectivity index (χ1) is 17.2. The van der Waals surface area contributed by atoms with Crippen LogP contribution in [0.1, 0.15) is 35.4 Å². The Morgan fingerprint density at radius 2 is 1.61 bits per heavy atom. The Morgan fingerprint density at radius 1 is 0.972 bits per heavy atom. The molecule has 5 nitrogen and oxygen atoms in total. The fraction of sp³-hybridized carbons (Fsp3) is 0.259. The standard InChI is InChI=1S/C27H23F4N3O2/c28-21-11-7-19(8-12-21)24-26(25(35)36,33-23-4-2-1-3-22(23)32-24)34-15-13-18(14-16-34)17-5-9-20(10-6-17)27(29,30)31/h1-12,18,33H,13-16H2,(H,35,36). The van der Waals surface area contributed by atoms with Gasteiger partial charge in [-0.25, -0.2) is 14.2 Å². The van der Waals surface area contributed by atoms with E-state index in [1.165, 1.54) is 36.4 Å². The van der Waals surface area contributed by atoms with Crippen molar-refractivity contribution in [3.05, 3.63) is 95.3 Å². The van der Waals surface area contributed by atoms with Gasteiger partial charge in [-0.1, -0.05) is 36.4 Å². The summed E-state index contributed by atoms with van der Waals surface area (Å²) >= 11 is 0. The molecule has 2 N–H and O–H groups in total. The number of aliphatic carboxylic acids is 1. The van der Waals surface area contributed by atoms with Gasteiger partial charge in [-0.05, 0) is 60.7 Å². The van der Waals surface area contributed by atoms with Gasteiger partial charge in [0.15, 0.2) is 0 Å². The number of hydrogen-bond acceptors (Lipinski definition) is 4. The van der Waals surface area contributed by atoms with E-state index < -0.39 is 29.2 Å². The maximum absolute atomic E-state index is 13.6. The number of rotatable bonds is 4. The average molecular weight is 497 g/mol. The van der Waals surface area contributed by atoms with Gasteiger partial charge in [-0.2, -0.15) is 13.2 Å². The highest BCUT2D eigenvalue weighted by molar-refractivity contribution is 6.22. The number of para-hydroxylation sites is 2. The highest BCUT2D eigenvalue weighted by atomic mass is 19.4. The summed E-state index contributed by atoms with van der Waals surface area (Å²) in [6.07, 6.45) is -3.28. The Morgan fingerprint density at radius 3 is 2.22 bits per heavy atom. The fourth-order valence-corrected chi connectivity index (χ4v) is 5.02. The van der Waals surface area contributed by atoms with E-state index in [2.05, 4.69) is 5.32 Å². The van der Waals surface area contributed by atoms with Crippen molar-refractivity contribution in [1.82, 2.24) is 4.90 Å². The van der Waals surface area contributed by atoms with Gasteiger partial charge in [-0.15, -0.1) is 0 Å². The number of nitrogens with zero attached hydrogens (tertiary/aromatic N) is 2. The summed E-state index contributed by atoms with van der Waals surface area (Å²) in [5.74, 6) is -1.59. The molecule has 0 radical (unpaired) electrons. The minimum absolute atomic E-state index is 0.00327. The minimum Gasteiger partial charge on any atom is -0.478 e. The number of aliphatic imine (C=N–C) groups is 1. The maximum atomic E-state index is 13.6. The molecule has 5 rings (SSSR count). The number of likely N-dealkylation sites (tertiary alicyclic amines) is 1. The molecule has 1 unspecified atom stereocenters. The van der Waals surface area contributed by atoms with Crippen molar-refractivity contribution in [2.24, 2.45) is 4.99 Å². The highest BCUT2D eigenvalue weighted by Gasteiger charge is 2.52. The van der Waals surface area contributed by atoms with E-state index in [1.54, 1.807) is 29.2 Å². The number of carboxylic acid groups (broad SMARTS) is 1. The van der Waals surface area contributed by atoms with Crippen molar-refractivity contribution in [2.45, 2.75) is 30.6 Å². The Hall–Kier alpha value is -3.72. The van der Waals surface area contributed by atoms with E-state index in [4.69, 9.17) is 4.99 Å². The number of carbonyl (C=O) groups is 1. The van der Waals surface area contributed by atoms with E-state index in [0.717, 1.165) is 17.7 Å². The van der Waals surface area contributed by atoms with E-state index >= 15 is 0 Å². The largest absolute Gasteiger partial charge is 0.478 e. The number of halogens is 4. The summed E-state index contributed by atoms with van der Waals surface area (Å²) in [6, 6.07) is 17.8. The van der Waals surface area contributed by atoms with E-state index in [0.29, 0.717) is 42.9 Å². The van der Waals surface area contributed by atoms with Gasteiger partial charge in [0.25, 0.3) is 0 Å². The van der Waals surface area contributed by atoms with Crippen molar-refractivity contribution in [3.63, 3.8) is 0 Å². The molecule has 2 aliphatic rings. The third-order valence-corrected chi connectivity index (χ3v) is 6.90. The van der Waals surface area contributed by atoms with Crippen LogP contribution >= 0.6 is 0 Å². The zero-order valence-corrected chi connectivity index (χ0v) is 19.1. The second-order valence-corrected chi connectivity index (χ2v) is 9.01. The zero-order valence-electron chi connectivity index (χ0n) is 19.1. The third kappa shape index (κ3) is 4.24. The van der Waals surface area contributed by atoms with Crippen molar-refractivity contribution in [1.29, 1.82) is 0 Å². The first kappa shape index (κ1) is 24.0. The summed E-state index contributed by atoms with van der Waals surface area (Å²) in [6.45, 7) is 0.737. The number of hydrogen-bond donors (Lipinski definition) is 2. The van der Waals surface area contributed by atoms with Gasteiger partial charge in [0.2, 0.25) is 5.66 Å². The van der Waals surface area contributed by atoms with Crippen LogP contribution in [0.5, 0.6) is 0 Å². The van der Waals surface area contributed by atoms with E-state index in [9.17, 15) is 27.5 Å². The summed E-state index contributed by atoms with van der Waals surface area (Å²) in [7, 11) is 0. The highest BCUT2D eigenvalue weighted by Crippen LogP contribution is 2.40. The third-order valence-electron chi connectivity index (χ3n) is 6.90. The molecule has 1 atom stereocenters. The number of alkyl halides is 3. The summed E-state index contributed by atoms with van der Waals surface area (Å²) in [5.41, 5.74) is 0.272. The van der Waals surface area contributed by atoms with Crippen LogP contribution < -0.4 is 5.32 Å². The lowest BCUT2D eigenvalue weighted by Crippen LogP contribution is -2.67. The summed E-state index contributed by atoms with van der Waals surface area (Å²) in [4.78, 5) is 19.5. The number of anilines is 1. The quantitative estimate of drug-likeness (QED) is 0.431. The molecule has 2 aliphatic heterocycles. The molecular weight excluding hydrogens is 474 g/mol. The Labute approximate surface area is 205 Å². The second-order valence-electron chi connectivity index (χ2n) is 9.01. The normalized spacial score (nSPS) is 20.8. The van der Waals surface area contributed by atoms with E-state index in [1.807, 2.05) is 0 Å². The van der Waals surface area contributed by atoms with Crippen LogP contribution in [0.2, 0.25) is 0 Å². The Bertz CT molecular complexity index is 1300. The van der Waals surface area contributed by atoms with Crippen LogP contribution in [-0.2, 0) is 11.0 Å². The molecule has 0 spiro atoms. The molecule has 2 heterocycles. The van der Waals surface area contributed by atoms with Crippen molar-refractivity contribution in [3.8, 4) is 0 Å².